The molecule has 106 valence electrons. The second-order valence-electron chi connectivity index (χ2n) is 4.33. The molecule has 0 aliphatic heterocycles. The van der Waals surface area contributed by atoms with Gasteiger partial charge >= 0.3 is 0 Å². The molecule has 0 atom stereocenters. The number of nitrogens with one attached hydrogen (secondary N) is 1. The fourth-order valence-corrected chi connectivity index (χ4v) is 2.32. The highest BCUT2D eigenvalue weighted by atomic mass is 79.9. The van der Waals surface area contributed by atoms with E-state index in [2.05, 4.69) is 26.3 Å². The summed E-state index contributed by atoms with van der Waals surface area (Å²) in [4.78, 5) is 10.2. The van der Waals surface area contributed by atoms with E-state index in [1.807, 2.05) is 16.9 Å². The van der Waals surface area contributed by atoms with Crippen LogP contribution in [0.15, 0.2) is 41.1 Å². The van der Waals surface area contributed by atoms with Crippen molar-refractivity contribution in [1.29, 1.82) is 0 Å². The van der Waals surface area contributed by atoms with E-state index in [1.54, 1.807) is 12.3 Å². The van der Waals surface area contributed by atoms with Crippen molar-refractivity contribution in [2.75, 3.05) is 6.54 Å². The molecule has 20 heavy (non-hydrogen) atoms. The van der Waals surface area contributed by atoms with Crippen molar-refractivity contribution in [3.05, 3.63) is 56.8 Å². The Hall–Kier alpha value is -1.73. The predicted molar refractivity (Wildman–Crippen MR) is 79.3 cm³/mol. The number of hydrogen-bond acceptors (Lipinski definition) is 4. The fourth-order valence-electron chi connectivity index (χ4n) is 1.81. The van der Waals surface area contributed by atoms with Gasteiger partial charge in [0.25, 0.3) is 5.69 Å². The summed E-state index contributed by atoms with van der Waals surface area (Å²) < 4.78 is 2.65. The molecule has 0 amide bonds. The Morgan fingerprint density at radius 3 is 2.95 bits per heavy atom. The van der Waals surface area contributed by atoms with Crippen LogP contribution < -0.4 is 5.32 Å². The molecule has 6 nitrogen and oxygen atoms in total. The molecule has 2 aromatic rings. The second kappa shape index (κ2) is 7.16. The highest BCUT2D eigenvalue weighted by Crippen LogP contribution is 2.22. The van der Waals surface area contributed by atoms with Gasteiger partial charge in [0.1, 0.15) is 0 Å². The van der Waals surface area contributed by atoms with E-state index >= 15 is 0 Å². The van der Waals surface area contributed by atoms with Gasteiger partial charge in [-0.2, -0.15) is 5.10 Å². The van der Waals surface area contributed by atoms with Gasteiger partial charge in [-0.05, 0) is 30.7 Å². The van der Waals surface area contributed by atoms with E-state index in [4.69, 9.17) is 0 Å². The number of nitrogens with zero attached hydrogens (tertiary/aromatic N) is 3. The van der Waals surface area contributed by atoms with Gasteiger partial charge in [-0.25, -0.2) is 0 Å². The van der Waals surface area contributed by atoms with Crippen LogP contribution in [0.1, 0.15) is 12.0 Å². The summed E-state index contributed by atoms with van der Waals surface area (Å²) in [6, 6.07) is 6.72. The second-order valence-corrected chi connectivity index (χ2v) is 5.19. The predicted octanol–water partition coefficient (Wildman–Crippen LogP) is 2.73. The van der Waals surface area contributed by atoms with Crippen molar-refractivity contribution < 1.29 is 4.92 Å². The molecule has 2 rings (SSSR count). The monoisotopic (exact) mass is 338 g/mol. The standard InChI is InChI=1S/C13H15BrN4O2/c14-13-9-12(18(19)20)4-3-11(13)10-15-5-1-7-17-8-2-6-16-17/h2-4,6,8-9,15H,1,5,7,10H2. The Balaban J connectivity index is 1.75. The third-order valence-corrected chi connectivity index (χ3v) is 3.60. The number of halogens is 1. The molecule has 1 N–H and O–H groups in total. The number of nitro benzene ring substituents is 1. The maximum absolute atomic E-state index is 10.6. The lowest BCUT2D eigenvalue weighted by molar-refractivity contribution is -0.384. The quantitative estimate of drug-likeness (QED) is 0.478. The summed E-state index contributed by atoms with van der Waals surface area (Å²) in [6.07, 6.45) is 4.68. The summed E-state index contributed by atoms with van der Waals surface area (Å²) >= 11 is 3.36. The van der Waals surface area contributed by atoms with Gasteiger partial charge in [-0.15, -0.1) is 0 Å². The SMILES string of the molecule is O=[N+]([O-])c1ccc(CNCCCn2cccn2)c(Br)c1. The van der Waals surface area contributed by atoms with Crippen molar-refractivity contribution in [2.45, 2.75) is 19.5 Å². The van der Waals surface area contributed by atoms with Crippen LogP contribution in [0.25, 0.3) is 0 Å². The van der Waals surface area contributed by atoms with Gasteiger partial charge in [-0.1, -0.05) is 15.9 Å². The van der Waals surface area contributed by atoms with Crippen LogP contribution in [0.2, 0.25) is 0 Å². The molecule has 0 spiro atoms. The molecule has 0 aliphatic carbocycles. The Kier molecular flexibility index (Phi) is 5.25. The zero-order valence-electron chi connectivity index (χ0n) is 10.8. The van der Waals surface area contributed by atoms with E-state index in [-0.39, 0.29) is 5.69 Å². The lowest BCUT2D eigenvalue weighted by Crippen LogP contribution is -2.17. The van der Waals surface area contributed by atoms with Crippen LogP contribution in [0.4, 0.5) is 5.69 Å². The first-order chi connectivity index (χ1) is 9.66. The molecule has 7 heteroatoms. The number of aromatic nitrogens is 2. The molecule has 1 aromatic heterocycles. The molecule has 0 fully saturated rings. The van der Waals surface area contributed by atoms with Crippen molar-refractivity contribution in [3.8, 4) is 0 Å². The largest absolute Gasteiger partial charge is 0.313 e. The van der Waals surface area contributed by atoms with Gasteiger partial charge in [-0.3, -0.25) is 14.8 Å². The van der Waals surface area contributed by atoms with E-state index in [0.717, 1.165) is 29.5 Å². The first-order valence-corrected chi connectivity index (χ1v) is 7.07. The molecule has 1 heterocycles. The van der Waals surface area contributed by atoms with Crippen molar-refractivity contribution in [2.24, 2.45) is 0 Å². The Morgan fingerprint density at radius 1 is 1.45 bits per heavy atom. The number of hydrogen-bond donors (Lipinski definition) is 1. The van der Waals surface area contributed by atoms with Crippen LogP contribution in [0.3, 0.4) is 0 Å². The third-order valence-electron chi connectivity index (χ3n) is 2.86. The molecule has 0 radical (unpaired) electrons. The Morgan fingerprint density at radius 2 is 2.30 bits per heavy atom. The number of rotatable bonds is 7. The lowest BCUT2D eigenvalue weighted by Gasteiger charge is -2.07. The number of benzene rings is 1. The molecule has 0 bridgehead atoms. The van der Waals surface area contributed by atoms with Crippen LogP contribution >= 0.6 is 15.9 Å². The average Bonchev–Trinajstić information content (AvgIpc) is 2.93. The van der Waals surface area contributed by atoms with Crippen molar-refractivity contribution in [1.82, 2.24) is 15.1 Å². The van der Waals surface area contributed by atoms with Gasteiger partial charge < -0.3 is 5.32 Å². The zero-order valence-corrected chi connectivity index (χ0v) is 12.4. The molecule has 0 unspecified atom stereocenters. The van der Waals surface area contributed by atoms with Crippen LogP contribution in [0, 0.1) is 10.1 Å². The van der Waals surface area contributed by atoms with Gasteiger partial charge in [0.15, 0.2) is 0 Å². The summed E-state index contributed by atoms with van der Waals surface area (Å²) in [7, 11) is 0. The zero-order chi connectivity index (χ0) is 14.4. The number of aryl methyl sites for hydroxylation is 1. The van der Waals surface area contributed by atoms with Crippen LogP contribution in [-0.4, -0.2) is 21.2 Å². The normalized spacial score (nSPS) is 10.7. The summed E-state index contributed by atoms with van der Waals surface area (Å²) in [5.74, 6) is 0. The lowest BCUT2D eigenvalue weighted by atomic mass is 10.2. The molecule has 1 aromatic carbocycles. The third kappa shape index (κ3) is 4.14. The molecule has 0 aliphatic rings. The summed E-state index contributed by atoms with van der Waals surface area (Å²) in [6.45, 7) is 2.42. The minimum Gasteiger partial charge on any atom is -0.313 e. The van der Waals surface area contributed by atoms with E-state index in [1.165, 1.54) is 12.1 Å². The van der Waals surface area contributed by atoms with E-state index < -0.39 is 4.92 Å². The van der Waals surface area contributed by atoms with Gasteiger partial charge in [0, 0.05) is 42.1 Å². The fraction of sp³-hybridized carbons (Fsp3) is 0.308. The van der Waals surface area contributed by atoms with E-state index in [0.29, 0.717) is 6.54 Å². The Labute approximate surface area is 125 Å². The first kappa shape index (κ1) is 14.7. The minimum absolute atomic E-state index is 0.0966. The maximum Gasteiger partial charge on any atom is 0.270 e. The molecule has 0 saturated heterocycles. The summed E-state index contributed by atoms with van der Waals surface area (Å²) in [5.41, 5.74) is 1.11. The highest BCUT2D eigenvalue weighted by Gasteiger charge is 2.08. The highest BCUT2D eigenvalue weighted by molar-refractivity contribution is 9.10. The topological polar surface area (TPSA) is 73.0 Å². The smallest absolute Gasteiger partial charge is 0.270 e. The van der Waals surface area contributed by atoms with Gasteiger partial charge in [0.05, 0.1) is 4.92 Å². The minimum atomic E-state index is -0.397. The maximum atomic E-state index is 10.6. The molecule has 0 saturated carbocycles. The summed E-state index contributed by atoms with van der Waals surface area (Å²) in [5, 5.41) is 18.1. The molecular formula is C13H15BrN4O2. The van der Waals surface area contributed by atoms with Gasteiger partial charge in [0.2, 0.25) is 0 Å². The van der Waals surface area contributed by atoms with E-state index in [9.17, 15) is 10.1 Å². The van der Waals surface area contributed by atoms with Crippen molar-refractivity contribution in [3.63, 3.8) is 0 Å². The first-order valence-electron chi connectivity index (χ1n) is 6.28. The molecular weight excluding hydrogens is 324 g/mol. The van der Waals surface area contributed by atoms with Crippen LogP contribution in [-0.2, 0) is 13.1 Å². The number of non-ortho nitro benzene ring substituents is 1. The average molecular weight is 339 g/mol. The Bertz CT molecular complexity index is 572. The van der Waals surface area contributed by atoms with Crippen molar-refractivity contribution >= 4 is 21.6 Å². The van der Waals surface area contributed by atoms with Crippen LogP contribution in [0.5, 0.6) is 0 Å². The number of nitro groups is 1.